The molecule has 0 aliphatic rings. The molecule has 0 saturated carbocycles. The lowest BCUT2D eigenvalue weighted by Crippen LogP contribution is -2.13. The maximum absolute atomic E-state index is 10.8. The van der Waals surface area contributed by atoms with Crippen LogP contribution in [0.5, 0.6) is 0 Å². The first-order valence-corrected chi connectivity index (χ1v) is 2.94. The molecule has 0 saturated heterocycles. The van der Waals surface area contributed by atoms with Crippen molar-refractivity contribution in [2.24, 2.45) is 5.16 Å². The molecule has 1 amide bonds. The van der Waals surface area contributed by atoms with Crippen LogP contribution in [0, 0.1) is 0 Å². The van der Waals surface area contributed by atoms with Crippen LogP contribution in [-0.4, -0.2) is 39.9 Å². The van der Waals surface area contributed by atoms with E-state index in [2.05, 4.69) is 35.9 Å². The summed E-state index contributed by atoms with van der Waals surface area (Å²) in [6.45, 7) is 0. The molecule has 1 aromatic rings. The molecule has 1 aromatic heterocycles. The van der Waals surface area contributed by atoms with E-state index in [0.717, 1.165) is 6.21 Å². The number of anilines is 1. The first-order chi connectivity index (χ1) is 5.83. The van der Waals surface area contributed by atoms with E-state index in [4.69, 9.17) is 0 Å². The van der Waals surface area contributed by atoms with Gasteiger partial charge in [-0.2, -0.15) is 5.21 Å². The van der Waals surface area contributed by atoms with Gasteiger partial charge in [-0.3, -0.25) is 10.1 Å². The van der Waals surface area contributed by atoms with Crippen LogP contribution in [0.15, 0.2) is 5.16 Å². The molecule has 8 nitrogen and oxygen atoms in total. The summed E-state index contributed by atoms with van der Waals surface area (Å²) in [5, 5.41) is 17.9. The molecule has 8 heteroatoms. The molecule has 1 heterocycles. The van der Waals surface area contributed by atoms with E-state index in [1.807, 2.05) is 0 Å². The highest BCUT2D eigenvalue weighted by molar-refractivity contribution is 6.31. The molecule has 0 unspecified atom stereocenters. The minimum absolute atomic E-state index is 0.0857. The summed E-state index contributed by atoms with van der Waals surface area (Å²) in [5.41, 5.74) is 0. The second-order valence-electron chi connectivity index (χ2n) is 1.64. The van der Waals surface area contributed by atoms with Gasteiger partial charge in [-0.1, -0.05) is 10.3 Å². The summed E-state index contributed by atoms with van der Waals surface area (Å²) in [4.78, 5) is 15.1. The van der Waals surface area contributed by atoms with Crippen molar-refractivity contribution in [2.75, 3.05) is 12.4 Å². The van der Waals surface area contributed by atoms with E-state index < -0.39 is 5.91 Å². The number of amides is 1. The molecule has 0 radical (unpaired) electrons. The monoisotopic (exact) mass is 170 g/mol. The SMILES string of the molecule is CO/N=C/C(=O)Nc1nn[nH]n1. The van der Waals surface area contributed by atoms with Crippen molar-refractivity contribution in [3.05, 3.63) is 0 Å². The van der Waals surface area contributed by atoms with Crippen molar-refractivity contribution >= 4 is 18.1 Å². The number of hydrogen-bond donors (Lipinski definition) is 2. The van der Waals surface area contributed by atoms with Crippen LogP contribution in [0.25, 0.3) is 0 Å². The predicted octanol–water partition coefficient (Wildman–Crippen LogP) is -1.23. The highest BCUT2D eigenvalue weighted by Crippen LogP contribution is 1.87. The zero-order valence-corrected chi connectivity index (χ0v) is 6.18. The summed E-state index contributed by atoms with van der Waals surface area (Å²) >= 11 is 0. The average Bonchev–Trinajstić information content (AvgIpc) is 2.53. The molecule has 0 aliphatic heterocycles. The Morgan fingerprint density at radius 2 is 2.67 bits per heavy atom. The number of aromatic nitrogens is 4. The molecular formula is C4H6N6O2. The second-order valence-corrected chi connectivity index (χ2v) is 1.64. The standard InChI is InChI=1S/C4H6N6O2/c1-12-5-2-3(11)6-4-7-9-10-8-4/h2H,1H3,(H2,6,7,8,9,10,11)/b5-2+. The quantitative estimate of drug-likeness (QED) is 0.436. The number of tetrazole rings is 1. The van der Waals surface area contributed by atoms with E-state index in [-0.39, 0.29) is 5.95 Å². The van der Waals surface area contributed by atoms with Gasteiger partial charge in [-0.05, 0) is 5.21 Å². The average molecular weight is 170 g/mol. The Morgan fingerprint density at radius 1 is 1.83 bits per heavy atom. The smallest absolute Gasteiger partial charge is 0.272 e. The minimum Gasteiger partial charge on any atom is -0.399 e. The Hall–Kier alpha value is -1.99. The number of aromatic amines is 1. The van der Waals surface area contributed by atoms with Crippen LogP contribution in [0.4, 0.5) is 5.95 Å². The highest BCUT2D eigenvalue weighted by atomic mass is 16.6. The second kappa shape index (κ2) is 4.01. The molecule has 0 aliphatic carbocycles. The summed E-state index contributed by atoms with van der Waals surface area (Å²) in [7, 11) is 1.33. The number of hydrogen-bond acceptors (Lipinski definition) is 6. The third-order valence-electron chi connectivity index (χ3n) is 0.856. The van der Waals surface area contributed by atoms with Crippen molar-refractivity contribution < 1.29 is 9.63 Å². The number of carbonyl (C=O) groups excluding carboxylic acids is 1. The van der Waals surface area contributed by atoms with E-state index >= 15 is 0 Å². The Bertz CT molecular complexity index is 267. The lowest BCUT2D eigenvalue weighted by Gasteiger charge is -1.90. The van der Waals surface area contributed by atoms with E-state index in [1.165, 1.54) is 7.11 Å². The Labute approximate surface area is 67.0 Å². The summed E-state index contributed by atoms with van der Waals surface area (Å²) < 4.78 is 0. The topological polar surface area (TPSA) is 105 Å². The largest absolute Gasteiger partial charge is 0.399 e. The zero-order chi connectivity index (χ0) is 8.81. The van der Waals surface area contributed by atoms with Crippen molar-refractivity contribution in [1.82, 2.24) is 20.6 Å². The van der Waals surface area contributed by atoms with Crippen LogP contribution in [0.1, 0.15) is 0 Å². The van der Waals surface area contributed by atoms with E-state index in [0.29, 0.717) is 0 Å². The Balaban J connectivity index is 2.42. The molecule has 0 fully saturated rings. The lowest BCUT2D eigenvalue weighted by atomic mass is 10.7. The number of oxime groups is 1. The molecule has 0 spiro atoms. The van der Waals surface area contributed by atoms with Gasteiger partial charge in [0, 0.05) is 0 Å². The van der Waals surface area contributed by atoms with Crippen LogP contribution < -0.4 is 5.32 Å². The normalized spacial score (nSPS) is 10.1. The third-order valence-corrected chi connectivity index (χ3v) is 0.856. The molecule has 0 bridgehead atoms. The summed E-state index contributed by atoms with van der Waals surface area (Å²) in [6, 6.07) is 0. The Kier molecular flexibility index (Phi) is 2.71. The Morgan fingerprint density at radius 3 is 3.25 bits per heavy atom. The van der Waals surface area contributed by atoms with Gasteiger partial charge < -0.3 is 4.84 Å². The van der Waals surface area contributed by atoms with Crippen molar-refractivity contribution in [3.8, 4) is 0 Å². The van der Waals surface area contributed by atoms with Gasteiger partial charge in [0.05, 0.1) is 0 Å². The molecule has 0 aromatic carbocycles. The van der Waals surface area contributed by atoms with Gasteiger partial charge in [0.25, 0.3) is 11.9 Å². The van der Waals surface area contributed by atoms with Gasteiger partial charge in [0.2, 0.25) is 0 Å². The third kappa shape index (κ3) is 2.33. The van der Waals surface area contributed by atoms with E-state index in [1.54, 1.807) is 0 Å². The maximum atomic E-state index is 10.8. The summed E-state index contributed by atoms with van der Waals surface area (Å²) in [5.74, 6) is -0.402. The van der Waals surface area contributed by atoms with Gasteiger partial charge in [-0.15, -0.1) is 5.10 Å². The van der Waals surface area contributed by atoms with Crippen molar-refractivity contribution in [2.45, 2.75) is 0 Å². The summed E-state index contributed by atoms with van der Waals surface area (Å²) in [6.07, 6.45) is 0.955. The van der Waals surface area contributed by atoms with Crippen molar-refractivity contribution in [1.29, 1.82) is 0 Å². The fourth-order valence-corrected chi connectivity index (χ4v) is 0.458. The van der Waals surface area contributed by atoms with E-state index in [9.17, 15) is 4.79 Å². The minimum atomic E-state index is -0.488. The number of nitrogens with one attached hydrogen (secondary N) is 2. The fourth-order valence-electron chi connectivity index (χ4n) is 0.458. The molecule has 0 atom stereocenters. The number of nitrogens with zero attached hydrogens (tertiary/aromatic N) is 4. The fraction of sp³-hybridized carbons (Fsp3) is 0.250. The molecule has 64 valence electrons. The molecule has 1 rings (SSSR count). The van der Waals surface area contributed by atoms with Crippen LogP contribution in [-0.2, 0) is 9.63 Å². The first kappa shape index (κ1) is 8.11. The van der Waals surface area contributed by atoms with Crippen molar-refractivity contribution in [3.63, 3.8) is 0 Å². The zero-order valence-electron chi connectivity index (χ0n) is 6.18. The number of carbonyl (C=O) groups is 1. The van der Waals surface area contributed by atoms with Crippen LogP contribution in [0.2, 0.25) is 0 Å². The van der Waals surface area contributed by atoms with Gasteiger partial charge >= 0.3 is 0 Å². The molecule has 12 heavy (non-hydrogen) atoms. The predicted molar refractivity (Wildman–Crippen MR) is 38.3 cm³/mol. The van der Waals surface area contributed by atoms with Gasteiger partial charge in [0.1, 0.15) is 13.3 Å². The van der Waals surface area contributed by atoms with Gasteiger partial charge in [-0.25, -0.2) is 0 Å². The maximum Gasteiger partial charge on any atom is 0.272 e. The lowest BCUT2D eigenvalue weighted by molar-refractivity contribution is -0.110. The highest BCUT2D eigenvalue weighted by Gasteiger charge is 2.01. The number of H-pyrrole nitrogens is 1. The molecular weight excluding hydrogens is 164 g/mol. The molecule has 2 N–H and O–H groups in total. The van der Waals surface area contributed by atoms with Crippen LogP contribution >= 0.6 is 0 Å². The van der Waals surface area contributed by atoms with Crippen LogP contribution in [0.3, 0.4) is 0 Å². The first-order valence-electron chi connectivity index (χ1n) is 2.94. The number of rotatable bonds is 3. The van der Waals surface area contributed by atoms with Gasteiger partial charge in [0.15, 0.2) is 0 Å².